The number of aliphatic hydroxyl groups is 1. The fraction of sp³-hybridized carbons (Fsp3) is 0.455. The molecule has 14 heavy (non-hydrogen) atoms. The van der Waals surface area contributed by atoms with Crippen LogP contribution in [-0.2, 0) is 0 Å². The molecule has 0 aromatic heterocycles. The molecule has 0 radical (unpaired) electrons. The number of halogens is 1. The molecule has 1 rings (SSSR count). The average Bonchev–Trinajstić information content (AvgIpc) is 2.01. The van der Waals surface area contributed by atoms with Gasteiger partial charge in [0.25, 0.3) is 0 Å². The maximum Gasteiger partial charge on any atom is 0.197 e. The van der Waals surface area contributed by atoms with Crippen LogP contribution in [0.1, 0.15) is 18.1 Å². The van der Waals surface area contributed by atoms with Gasteiger partial charge in [0.05, 0.1) is 0 Å². The summed E-state index contributed by atoms with van der Waals surface area (Å²) in [6.45, 7) is 5.58. The van der Waals surface area contributed by atoms with Crippen molar-refractivity contribution in [2.75, 3.05) is 0 Å². The van der Waals surface area contributed by atoms with Gasteiger partial charge in [0.15, 0.2) is 5.56 Å². The standard InChI is InChI=1S/C11H15ClO2/c1-7-4-8(2)6-10(5-7)14-11(12)9(3)13/h4-6,9,11,13H,1-3H3. The predicted molar refractivity (Wildman–Crippen MR) is 57.9 cm³/mol. The molecule has 1 aromatic rings. The lowest BCUT2D eigenvalue weighted by atomic mass is 10.1. The van der Waals surface area contributed by atoms with E-state index in [4.69, 9.17) is 21.4 Å². The third-order valence-electron chi connectivity index (χ3n) is 1.82. The number of ether oxygens (including phenoxy) is 1. The van der Waals surface area contributed by atoms with E-state index in [1.54, 1.807) is 6.92 Å². The Bertz CT molecular complexity index is 290. The first kappa shape index (κ1) is 11.3. The molecule has 0 spiro atoms. The number of hydrogen-bond donors (Lipinski definition) is 1. The molecule has 1 aromatic carbocycles. The minimum Gasteiger partial charge on any atom is -0.472 e. The van der Waals surface area contributed by atoms with Crippen LogP contribution in [-0.4, -0.2) is 16.8 Å². The molecule has 1 N–H and O–H groups in total. The van der Waals surface area contributed by atoms with Crippen molar-refractivity contribution >= 4 is 11.6 Å². The van der Waals surface area contributed by atoms with Crippen LogP contribution in [0.25, 0.3) is 0 Å². The zero-order valence-corrected chi connectivity index (χ0v) is 9.38. The molecule has 0 heterocycles. The van der Waals surface area contributed by atoms with Crippen molar-refractivity contribution in [1.29, 1.82) is 0 Å². The van der Waals surface area contributed by atoms with E-state index in [-0.39, 0.29) is 0 Å². The normalized spacial score (nSPS) is 14.9. The van der Waals surface area contributed by atoms with Crippen LogP contribution < -0.4 is 4.74 Å². The quantitative estimate of drug-likeness (QED) is 0.784. The second kappa shape index (κ2) is 4.67. The molecule has 78 valence electrons. The fourth-order valence-corrected chi connectivity index (χ4v) is 1.33. The van der Waals surface area contributed by atoms with Gasteiger partial charge in [-0.15, -0.1) is 0 Å². The number of aryl methyl sites for hydroxylation is 2. The van der Waals surface area contributed by atoms with Gasteiger partial charge in [0, 0.05) is 0 Å². The zero-order valence-electron chi connectivity index (χ0n) is 8.62. The predicted octanol–water partition coefficient (Wildman–Crippen LogP) is 2.63. The number of benzene rings is 1. The second-order valence-corrected chi connectivity index (χ2v) is 3.96. The van der Waals surface area contributed by atoms with Gasteiger partial charge in [0.1, 0.15) is 11.9 Å². The molecule has 2 unspecified atom stereocenters. The highest BCUT2D eigenvalue weighted by molar-refractivity contribution is 6.20. The van der Waals surface area contributed by atoms with E-state index in [1.165, 1.54) is 0 Å². The number of hydrogen-bond acceptors (Lipinski definition) is 2. The average molecular weight is 215 g/mol. The summed E-state index contributed by atoms with van der Waals surface area (Å²) in [5.74, 6) is 0.698. The summed E-state index contributed by atoms with van der Waals surface area (Å²) in [6, 6.07) is 5.84. The summed E-state index contributed by atoms with van der Waals surface area (Å²) in [5.41, 5.74) is 1.54. The highest BCUT2D eigenvalue weighted by atomic mass is 35.5. The minimum absolute atomic E-state index is 0.683. The van der Waals surface area contributed by atoms with E-state index in [0.29, 0.717) is 5.75 Å². The van der Waals surface area contributed by atoms with Crippen LogP contribution in [0.2, 0.25) is 0 Å². The molecule has 0 amide bonds. The van der Waals surface area contributed by atoms with Gasteiger partial charge in [-0.05, 0) is 44.0 Å². The Kier molecular flexibility index (Phi) is 3.78. The van der Waals surface area contributed by atoms with Crippen molar-refractivity contribution in [3.8, 4) is 5.75 Å². The fourth-order valence-electron chi connectivity index (χ4n) is 1.23. The Hall–Kier alpha value is -0.730. The first-order valence-electron chi connectivity index (χ1n) is 4.56. The van der Waals surface area contributed by atoms with E-state index in [0.717, 1.165) is 11.1 Å². The van der Waals surface area contributed by atoms with Crippen LogP contribution in [0, 0.1) is 13.8 Å². The molecular weight excluding hydrogens is 200 g/mol. The summed E-state index contributed by atoms with van der Waals surface area (Å²) < 4.78 is 5.35. The summed E-state index contributed by atoms with van der Waals surface area (Å²) in [7, 11) is 0. The lowest BCUT2D eigenvalue weighted by Gasteiger charge is -2.15. The van der Waals surface area contributed by atoms with Crippen molar-refractivity contribution in [3.63, 3.8) is 0 Å². The first-order valence-corrected chi connectivity index (χ1v) is 5.00. The lowest BCUT2D eigenvalue weighted by Crippen LogP contribution is -2.23. The largest absolute Gasteiger partial charge is 0.472 e. The maximum atomic E-state index is 9.16. The van der Waals surface area contributed by atoms with Gasteiger partial charge >= 0.3 is 0 Å². The Morgan fingerprint density at radius 1 is 1.21 bits per heavy atom. The van der Waals surface area contributed by atoms with Crippen LogP contribution in [0.4, 0.5) is 0 Å². The second-order valence-electron chi connectivity index (χ2n) is 3.53. The zero-order chi connectivity index (χ0) is 10.7. The van der Waals surface area contributed by atoms with Gasteiger partial charge in [-0.25, -0.2) is 0 Å². The van der Waals surface area contributed by atoms with Gasteiger partial charge in [-0.1, -0.05) is 17.7 Å². The third-order valence-corrected chi connectivity index (χ3v) is 2.28. The van der Waals surface area contributed by atoms with Crippen molar-refractivity contribution in [2.45, 2.75) is 32.4 Å². The van der Waals surface area contributed by atoms with E-state index in [2.05, 4.69) is 6.07 Å². The Morgan fingerprint density at radius 2 is 1.71 bits per heavy atom. The van der Waals surface area contributed by atoms with E-state index in [1.807, 2.05) is 26.0 Å². The monoisotopic (exact) mass is 214 g/mol. The molecule has 0 bridgehead atoms. The number of alkyl halides is 1. The maximum absolute atomic E-state index is 9.16. The molecule has 2 nitrogen and oxygen atoms in total. The van der Waals surface area contributed by atoms with E-state index in [9.17, 15) is 0 Å². The molecule has 0 aliphatic heterocycles. The molecule has 0 saturated heterocycles. The van der Waals surface area contributed by atoms with Crippen molar-refractivity contribution in [3.05, 3.63) is 29.3 Å². The van der Waals surface area contributed by atoms with E-state index >= 15 is 0 Å². The topological polar surface area (TPSA) is 29.5 Å². The van der Waals surface area contributed by atoms with Gasteiger partial charge in [-0.3, -0.25) is 0 Å². The van der Waals surface area contributed by atoms with Gasteiger partial charge < -0.3 is 9.84 Å². The number of aliphatic hydroxyl groups excluding tert-OH is 1. The molecule has 0 aliphatic rings. The van der Waals surface area contributed by atoms with Crippen molar-refractivity contribution < 1.29 is 9.84 Å². The highest BCUT2D eigenvalue weighted by Gasteiger charge is 2.12. The summed E-state index contributed by atoms with van der Waals surface area (Å²) >= 11 is 5.78. The first-order chi connectivity index (χ1) is 6.49. The van der Waals surface area contributed by atoms with Crippen molar-refractivity contribution in [2.24, 2.45) is 0 Å². The molecular formula is C11H15ClO2. The Labute approximate surface area is 89.5 Å². The lowest BCUT2D eigenvalue weighted by molar-refractivity contribution is 0.0971. The van der Waals surface area contributed by atoms with Crippen LogP contribution in [0.3, 0.4) is 0 Å². The van der Waals surface area contributed by atoms with E-state index < -0.39 is 11.7 Å². The minimum atomic E-state index is -0.698. The van der Waals surface area contributed by atoms with Crippen molar-refractivity contribution in [1.82, 2.24) is 0 Å². The number of rotatable bonds is 3. The third kappa shape index (κ3) is 3.20. The van der Waals surface area contributed by atoms with Crippen LogP contribution in [0.5, 0.6) is 5.75 Å². The summed E-state index contributed by atoms with van der Waals surface area (Å²) in [4.78, 5) is 0. The smallest absolute Gasteiger partial charge is 0.197 e. The summed E-state index contributed by atoms with van der Waals surface area (Å²) in [5, 5.41) is 9.16. The SMILES string of the molecule is Cc1cc(C)cc(OC(Cl)C(C)O)c1. The van der Waals surface area contributed by atoms with Gasteiger partial charge in [-0.2, -0.15) is 0 Å². The molecule has 3 heteroatoms. The molecule has 0 saturated carbocycles. The molecule has 0 aliphatic carbocycles. The van der Waals surface area contributed by atoms with Crippen LogP contribution in [0.15, 0.2) is 18.2 Å². The highest BCUT2D eigenvalue weighted by Crippen LogP contribution is 2.19. The Balaban J connectivity index is 2.76. The van der Waals surface area contributed by atoms with Crippen LogP contribution >= 0.6 is 11.6 Å². The molecule has 0 fully saturated rings. The Morgan fingerprint density at radius 3 is 2.14 bits per heavy atom. The summed E-state index contributed by atoms with van der Waals surface area (Å²) in [6.07, 6.45) is -0.683. The van der Waals surface area contributed by atoms with Gasteiger partial charge in [0.2, 0.25) is 0 Å². The molecule has 2 atom stereocenters.